The van der Waals surface area contributed by atoms with Crippen LogP contribution in [-0.4, -0.2) is 37.7 Å². The Morgan fingerprint density at radius 2 is 2.11 bits per heavy atom. The number of H-pyrrole nitrogens is 1. The number of aryl methyl sites for hydroxylation is 1. The van der Waals surface area contributed by atoms with E-state index in [0.717, 1.165) is 25.9 Å². The highest BCUT2D eigenvalue weighted by molar-refractivity contribution is 7.89. The summed E-state index contributed by atoms with van der Waals surface area (Å²) in [5.74, 6) is 0.397. The van der Waals surface area contributed by atoms with Gasteiger partial charge >= 0.3 is 0 Å². The van der Waals surface area contributed by atoms with Crippen LogP contribution in [0.3, 0.4) is 0 Å². The fourth-order valence-electron chi connectivity index (χ4n) is 2.36. The van der Waals surface area contributed by atoms with Gasteiger partial charge in [-0.25, -0.2) is 13.1 Å². The minimum atomic E-state index is -3.46. The predicted molar refractivity (Wildman–Crippen MR) is 68.7 cm³/mol. The third kappa shape index (κ3) is 2.90. The molecular formula is C11H20N4O2S. The van der Waals surface area contributed by atoms with Crippen LogP contribution in [0.2, 0.25) is 0 Å². The van der Waals surface area contributed by atoms with Crippen LogP contribution < -0.4 is 10.0 Å². The third-order valence-corrected chi connectivity index (χ3v) is 5.18. The Morgan fingerprint density at radius 1 is 1.44 bits per heavy atom. The normalized spacial score (nSPS) is 19.9. The minimum absolute atomic E-state index is 0.0496. The van der Waals surface area contributed by atoms with Crippen molar-refractivity contribution < 1.29 is 8.42 Å². The lowest BCUT2D eigenvalue weighted by Crippen LogP contribution is -2.42. The molecule has 1 saturated heterocycles. The van der Waals surface area contributed by atoms with Gasteiger partial charge in [-0.2, -0.15) is 5.10 Å². The molecule has 1 unspecified atom stereocenters. The van der Waals surface area contributed by atoms with Crippen LogP contribution >= 0.6 is 0 Å². The molecule has 7 heteroatoms. The van der Waals surface area contributed by atoms with E-state index in [1.165, 1.54) is 6.20 Å². The van der Waals surface area contributed by atoms with Crippen molar-refractivity contribution in [2.24, 2.45) is 5.92 Å². The molecule has 2 rings (SSSR count). The monoisotopic (exact) mass is 272 g/mol. The minimum Gasteiger partial charge on any atom is -0.317 e. The summed E-state index contributed by atoms with van der Waals surface area (Å²) in [6.45, 7) is 5.56. The molecule has 2 heterocycles. The molecule has 3 N–H and O–H groups in total. The Hall–Kier alpha value is -0.920. The van der Waals surface area contributed by atoms with E-state index >= 15 is 0 Å². The smallest absolute Gasteiger partial charge is 0.244 e. The van der Waals surface area contributed by atoms with Gasteiger partial charge in [-0.15, -0.1) is 0 Å². The molecule has 0 spiro atoms. The van der Waals surface area contributed by atoms with Crippen LogP contribution in [0.25, 0.3) is 0 Å². The lowest BCUT2D eigenvalue weighted by molar-refractivity contribution is 0.316. The number of sulfonamides is 1. The molecule has 0 amide bonds. The Morgan fingerprint density at radius 3 is 2.67 bits per heavy atom. The second-order valence-corrected chi connectivity index (χ2v) is 6.54. The lowest BCUT2D eigenvalue weighted by atomic mass is 9.92. The van der Waals surface area contributed by atoms with Gasteiger partial charge in [-0.1, -0.05) is 0 Å². The van der Waals surface area contributed by atoms with Gasteiger partial charge in [0.2, 0.25) is 10.0 Å². The van der Waals surface area contributed by atoms with Crippen molar-refractivity contribution in [3.8, 4) is 0 Å². The van der Waals surface area contributed by atoms with Gasteiger partial charge in [0.05, 0.1) is 11.9 Å². The SMILES string of the molecule is Cc1[nH]ncc1S(=O)(=O)NC(C)C1CCNCC1. The lowest BCUT2D eigenvalue weighted by Gasteiger charge is -2.28. The van der Waals surface area contributed by atoms with Crippen molar-refractivity contribution >= 4 is 10.0 Å². The molecule has 0 aliphatic carbocycles. The van der Waals surface area contributed by atoms with Crippen molar-refractivity contribution in [2.75, 3.05) is 13.1 Å². The van der Waals surface area contributed by atoms with Crippen molar-refractivity contribution in [1.82, 2.24) is 20.2 Å². The number of nitrogens with zero attached hydrogens (tertiary/aromatic N) is 1. The standard InChI is InChI=1S/C11H20N4O2S/c1-8(10-3-5-12-6-4-10)15-18(16,17)11-7-13-14-9(11)2/h7-8,10,12,15H,3-6H2,1-2H3,(H,13,14). The first-order valence-corrected chi connectivity index (χ1v) is 7.72. The summed E-state index contributed by atoms with van der Waals surface area (Å²) in [7, 11) is -3.46. The zero-order valence-corrected chi connectivity index (χ0v) is 11.5. The average molecular weight is 272 g/mol. The van der Waals surface area contributed by atoms with Gasteiger partial charge in [0.1, 0.15) is 4.90 Å². The maximum atomic E-state index is 12.2. The molecule has 1 atom stereocenters. The van der Waals surface area contributed by atoms with E-state index in [1.54, 1.807) is 6.92 Å². The first-order valence-electron chi connectivity index (χ1n) is 6.24. The highest BCUT2D eigenvalue weighted by Gasteiger charge is 2.26. The van der Waals surface area contributed by atoms with E-state index in [-0.39, 0.29) is 10.9 Å². The van der Waals surface area contributed by atoms with Gasteiger partial charge in [0.25, 0.3) is 0 Å². The molecule has 6 nitrogen and oxygen atoms in total. The highest BCUT2D eigenvalue weighted by Crippen LogP contribution is 2.19. The maximum absolute atomic E-state index is 12.2. The Labute approximate surface area is 108 Å². The number of hydrogen-bond donors (Lipinski definition) is 3. The number of rotatable bonds is 4. The van der Waals surface area contributed by atoms with Crippen LogP contribution in [0.5, 0.6) is 0 Å². The molecule has 0 radical (unpaired) electrons. The summed E-state index contributed by atoms with van der Waals surface area (Å²) in [5, 5.41) is 9.68. The molecular weight excluding hydrogens is 252 g/mol. The fraction of sp³-hybridized carbons (Fsp3) is 0.727. The van der Waals surface area contributed by atoms with Crippen molar-refractivity contribution in [2.45, 2.75) is 37.6 Å². The van der Waals surface area contributed by atoms with Crippen molar-refractivity contribution in [3.63, 3.8) is 0 Å². The van der Waals surface area contributed by atoms with E-state index in [1.807, 2.05) is 6.92 Å². The van der Waals surface area contributed by atoms with Crippen LogP contribution in [0.4, 0.5) is 0 Å². The Kier molecular flexibility index (Phi) is 4.04. The summed E-state index contributed by atoms with van der Waals surface area (Å²) in [4.78, 5) is 0.239. The number of hydrogen-bond acceptors (Lipinski definition) is 4. The van der Waals surface area contributed by atoms with Gasteiger partial charge in [0, 0.05) is 6.04 Å². The maximum Gasteiger partial charge on any atom is 0.244 e. The van der Waals surface area contributed by atoms with E-state index in [2.05, 4.69) is 20.2 Å². The summed E-state index contributed by atoms with van der Waals surface area (Å²) < 4.78 is 27.1. The van der Waals surface area contributed by atoms with E-state index in [4.69, 9.17) is 0 Å². The topological polar surface area (TPSA) is 86.9 Å². The molecule has 1 aromatic rings. The quantitative estimate of drug-likeness (QED) is 0.740. The molecule has 1 aliphatic heterocycles. The molecule has 0 bridgehead atoms. The molecule has 0 saturated carbocycles. The Balaban J connectivity index is 2.06. The van der Waals surface area contributed by atoms with Crippen LogP contribution in [-0.2, 0) is 10.0 Å². The van der Waals surface area contributed by atoms with Crippen LogP contribution in [0.15, 0.2) is 11.1 Å². The fourth-order valence-corrected chi connectivity index (χ4v) is 3.81. The van der Waals surface area contributed by atoms with Crippen LogP contribution in [0, 0.1) is 12.8 Å². The molecule has 1 fully saturated rings. The average Bonchev–Trinajstić information content (AvgIpc) is 2.77. The molecule has 18 heavy (non-hydrogen) atoms. The van der Waals surface area contributed by atoms with Crippen molar-refractivity contribution in [3.05, 3.63) is 11.9 Å². The second kappa shape index (κ2) is 5.38. The third-order valence-electron chi connectivity index (χ3n) is 3.51. The first kappa shape index (κ1) is 13.5. The number of piperidine rings is 1. The molecule has 1 aliphatic rings. The first-order chi connectivity index (χ1) is 8.50. The second-order valence-electron chi connectivity index (χ2n) is 4.86. The Bertz CT molecular complexity index is 491. The van der Waals surface area contributed by atoms with E-state index < -0.39 is 10.0 Å². The summed E-state index contributed by atoms with van der Waals surface area (Å²) in [5.41, 5.74) is 0.569. The number of aromatic nitrogens is 2. The zero-order chi connectivity index (χ0) is 13.2. The summed E-state index contributed by atoms with van der Waals surface area (Å²) in [6.07, 6.45) is 3.37. The number of aromatic amines is 1. The predicted octanol–water partition coefficient (Wildman–Crippen LogP) is 0.385. The van der Waals surface area contributed by atoms with Crippen molar-refractivity contribution in [1.29, 1.82) is 0 Å². The zero-order valence-electron chi connectivity index (χ0n) is 10.7. The summed E-state index contributed by atoms with van der Waals surface area (Å²) >= 11 is 0. The molecule has 1 aromatic heterocycles. The highest BCUT2D eigenvalue weighted by atomic mass is 32.2. The van der Waals surface area contributed by atoms with Gasteiger partial charge in [0.15, 0.2) is 0 Å². The molecule has 102 valence electrons. The number of nitrogens with one attached hydrogen (secondary N) is 3. The van der Waals surface area contributed by atoms with Gasteiger partial charge in [-0.3, -0.25) is 5.10 Å². The van der Waals surface area contributed by atoms with Gasteiger partial charge < -0.3 is 5.32 Å². The van der Waals surface area contributed by atoms with E-state index in [9.17, 15) is 8.42 Å². The van der Waals surface area contributed by atoms with Crippen LogP contribution in [0.1, 0.15) is 25.5 Å². The summed E-state index contributed by atoms with van der Waals surface area (Å²) in [6, 6.07) is -0.0496. The molecule has 0 aromatic carbocycles. The van der Waals surface area contributed by atoms with E-state index in [0.29, 0.717) is 11.6 Å². The largest absolute Gasteiger partial charge is 0.317 e. The van der Waals surface area contributed by atoms with Gasteiger partial charge in [-0.05, 0) is 45.7 Å².